The number of imidazole rings is 1. The Balaban J connectivity index is 2.08. The Morgan fingerprint density at radius 3 is 2.67 bits per heavy atom. The summed E-state index contributed by atoms with van der Waals surface area (Å²) in [5.74, 6) is 0. The van der Waals surface area contributed by atoms with E-state index in [1.165, 1.54) is 32.1 Å². The number of halogens is 1. The van der Waals surface area contributed by atoms with Gasteiger partial charge in [-0.25, -0.2) is 4.98 Å². The molecule has 2 rings (SSSR count). The molecule has 1 heterocycles. The Kier molecular flexibility index (Phi) is 2.49. The minimum Gasteiger partial charge on any atom is -0.333 e. The van der Waals surface area contributed by atoms with Gasteiger partial charge in [0.05, 0.1) is 6.33 Å². The van der Waals surface area contributed by atoms with Crippen molar-refractivity contribution in [3.05, 3.63) is 17.1 Å². The van der Waals surface area contributed by atoms with Gasteiger partial charge in [-0.1, -0.05) is 19.3 Å². The molecule has 0 radical (unpaired) electrons. The van der Waals surface area contributed by atoms with Crippen LogP contribution >= 0.6 is 15.9 Å². The lowest BCUT2D eigenvalue weighted by Crippen LogP contribution is -2.10. The van der Waals surface area contributed by atoms with Crippen molar-refractivity contribution in [1.82, 2.24) is 9.55 Å². The van der Waals surface area contributed by atoms with Crippen LogP contribution in [0.5, 0.6) is 0 Å². The monoisotopic (exact) mass is 228 g/mol. The van der Waals surface area contributed by atoms with E-state index in [4.69, 9.17) is 0 Å². The number of hydrogen-bond acceptors (Lipinski definition) is 1. The van der Waals surface area contributed by atoms with Crippen molar-refractivity contribution in [2.24, 2.45) is 0 Å². The molecule has 0 N–H and O–H groups in total. The predicted molar refractivity (Wildman–Crippen MR) is 52.0 cm³/mol. The number of hydrogen-bond donors (Lipinski definition) is 0. The summed E-state index contributed by atoms with van der Waals surface area (Å²) in [6.07, 6.45) is 10.8. The summed E-state index contributed by atoms with van der Waals surface area (Å²) in [6.45, 7) is 0. The molecule has 1 saturated carbocycles. The quantitative estimate of drug-likeness (QED) is 0.723. The topological polar surface area (TPSA) is 17.8 Å². The Morgan fingerprint density at radius 2 is 2.08 bits per heavy atom. The third-order valence-corrected chi connectivity index (χ3v) is 2.98. The van der Waals surface area contributed by atoms with E-state index < -0.39 is 0 Å². The van der Waals surface area contributed by atoms with Gasteiger partial charge in [-0.05, 0) is 28.8 Å². The van der Waals surface area contributed by atoms with Crippen molar-refractivity contribution in [3.63, 3.8) is 0 Å². The first kappa shape index (κ1) is 8.30. The molecule has 0 aromatic carbocycles. The van der Waals surface area contributed by atoms with Crippen LogP contribution < -0.4 is 0 Å². The van der Waals surface area contributed by atoms with Gasteiger partial charge in [-0.15, -0.1) is 0 Å². The summed E-state index contributed by atoms with van der Waals surface area (Å²) in [5, 5.41) is 0. The molecule has 0 atom stereocenters. The molecular formula is C9H13BrN2. The molecule has 0 unspecified atom stereocenters. The van der Waals surface area contributed by atoms with Gasteiger partial charge in [0.2, 0.25) is 0 Å². The summed E-state index contributed by atoms with van der Waals surface area (Å²) in [7, 11) is 0. The first-order valence-corrected chi connectivity index (χ1v) is 5.34. The average Bonchev–Trinajstić information content (AvgIpc) is 2.54. The van der Waals surface area contributed by atoms with Crippen LogP contribution in [0, 0.1) is 0 Å². The van der Waals surface area contributed by atoms with Gasteiger partial charge in [-0.2, -0.15) is 0 Å². The summed E-state index contributed by atoms with van der Waals surface area (Å²) < 4.78 is 3.19. The zero-order chi connectivity index (χ0) is 8.39. The van der Waals surface area contributed by atoms with Crippen molar-refractivity contribution >= 4 is 15.9 Å². The fourth-order valence-electron chi connectivity index (χ4n) is 1.89. The van der Waals surface area contributed by atoms with Crippen LogP contribution in [0.25, 0.3) is 0 Å². The molecular weight excluding hydrogens is 216 g/mol. The highest BCUT2D eigenvalue weighted by Crippen LogP contribution is 2.28. The molecule has 0 amide bonds. The zero-order valence-electron chi connectivity index (χ0n) is 7.04. The SMILES string of the molecule is Brc1cn(C2CCCCC2)cn1. The summed E-state index contributed by atoms with van der Waals surface area (Å²) in [4.78, 5) is 4.17. The maximum Gasteiger partial charge on any atom is 0.124 e. The van der Waals surface area contributed by atoms with Gasteiger partial charge < -0.3 is 4.57 Å². The van der Waals surface area contributed by atoms with Crippen LogP contribution in [0.4, 0.5) is 0 Å². The molecule has 0 spiro atoms. The Hall–Kier alpha value is -0.310. The largest absolute Gasteiger partial charge is 0.333 e. The Morgan fingerprint density at radius 1 is 1.33 bits per heavy atom. The van der Waals surface area contributed by atoms with Crippen LogP contribution in [-0.2, 0) is 0 Å². The van der Waals surface area contributed by atoms with Gasteiger partial charge in [0.1, 0.15) is 4.60 Å². The number of nitrogens with zero attached hydrogens (tertiary/aromatic N) is 2. The summed E-state index contributed by atoms with van der Waals surface area (Å²) in [5.41, 5.74) is 0. The highest BCUT2D eigenvalue weighted by atomic mass is 79.9. The van der Waals surface area contributed by atoms with Crippen molar-refractivity contribution in [1.29, 1.82) is 0 Å². The van der Waals surface area contributed by atoms with Crippen molar-refractivity contribution in [2.45, 2.75) is 38.1 Å². The first-order valence-electron chi connectivity index (χ1n) is 4.55. The van der Waals surface area contributed by atoms with E-state index in [1.54, 1.807) is 0 Å². The van der Waals surface area contributed by atoms with Crippen LogP contribution in [0.15, 0.2) is 17.1 Å². The maximum absolute atomic E-state index is 4.17. The lowest BCUT2D eigenvalue weighted by atomic mass is 9.95. The lowest BCUT2D eigenvalue weighted by molar-refractivity contribution is 0.353. The number of rotatable bonds is 1. The first-order chi connectivity index (χ1) is 5.86. The Labute approximate surface area is 81.1 Å². The van der Waals surface area contributed by atoms with E-state index in [2.05, 4.69) is 31.7 Å². The standard InChI is InChI=1S/C9H13BrN2/c10-9-6-12(7-11-9)8-4-2-1-3-5-8/h6-8H,1-5H2. The molecule has 1 fully saturated rings. The van der Waals surface area contributed by atoms with E-state index in [-0.39, 0.29) is 0 Å². The molecule has 2 nitrogen and oxygen atoms in total. The minimum absolute atomic E-state index is 0.706. The van der Waals surface area contributed by atoms with Gasteiger partial charge >= 0.3 is 0 Å². The van der Waals surface area contributed by atoms with Crippen LogP contribution in [0.3, 0.4) is 0 Å². The normalized spacial score (nSPS) is 19.8. The van der Waals surface area contributed by atoms with E-state index in [0.717, 1.165) is 4.60 Å². The average molecular weight is 229 g/mol. The van der Waals surface area contributed by atoms with Crippen molar-refractivity contribution in [2.75, 3.05) is 0 Å². The highest BCUT2D eigenvalue weighted by Gasteiger charge is 2.14. The van der Waals surface area contributed by atoms with E-state index in [1.807, 2.05) is 6.33 Å². The van der Waals surface area contributed by atoms with Crippen molar-refractivity contribution in [3.8, 4) is 0 Å². The third kappa shape index (κ3) is 1.71. The minimum atomic E-state index is 0.706. The smallest absolute Gasteiger partial charge is 0.124 e. The summed E-state index contributed by atoms with van der Waals surface area (Å²) >= 11 is 3.37. The molecule has 1 aromatic heterocycles. The molecule has 3 heteroatoms. The van der Waals surface area contributed by atoms with Crippen LogP contribution in [0.2, 0.25) is 0 Å². The molecule has 12 heavy (non-hydrogen) atoms. The van der Waals surface area contributed by atoms with Crippen LogP contribution in [-0.4, -0.2) is 9.55 Å². The van der Waals surface area contributed by atoms with Gasteiger partial charge in [-0.3, -0.25) is 0 Å². The van der Waals surface area contributed by atoms with Gasteiger partial charge in [0.25, 0.3) is 0 Å². The maximum atomic E-state index is 4.17. The molecule has 0 saturated heterocycles. The molecule has 0 bridgehead atoms. The molecule has 1 aromatic rings. The van der Waals surface area contributed by atoms with E-state index in [0.29, 0.717) is 6.04 Å². The van der Waals surface area contributed by atoms with Crippen molar-refractivity contribution < 1.29 is 0 Å². The fraction of sp³-hybridized carbons (Fsp3) is 0.667. The summed E-state index contributed by atoms with van der Waals surface area (Å²) in [6, 6.07) is 0.706. The Bertz CT molecular complexity index is 251. The van der Waals surface area contributed by atoms with Crippen LogP contribution in [0.1, 0.15) is 38.1 Å². The second kappa shape index (κ2) is 3.60. The third-order valence-electron chi connectivity index (χ3n) is 2.57. The molecule has 1 aliphatic carbocycles. The second-order valence-electron chi connectivity index (χ2n) is 3.44. The second-order valence-corrected chi connectivity index (χ2v) is 4.25. The lowest BCUT2D eigenvalue weighted by Gasteiger charge is -2.22. The predicted octanol–water partition coefficient (Wildman–Crippen LogP) is 3.15. The highest BCUT2D eigenvalue weighted by molar-refractivity contribution is 9.10. The molecule has 66 valence electrons. The van der Waals surface area contributed by atoms with Gasteiger partial charge in [0.15, 0.2) is 0 Å². The van der Waals surface area contributed by atoms with E-state index >= 15 is 0 Å². The van der Waals surface area contributed by atoms with Gasteiger partial charge in [0, 0.05) is 12.2 Å². The zero-order valence-corrected chi connectivity index (χ0v) is 8.63. The number of aromatic nitrogens is 2. The van der Waals surface area contributed by atoms with E-state index in [9.17, 15) is 0 Å². The molecule has 1 aliphatic rings. The fourth-order valence-corrected chi connectivity index (χ4v) is 2.22. The molecule has 0 aliphatic heterocycles.